The molecule has 0 saturated heterocycles. The summed E-state index contributed by atoms with van der Waals surface area (Å²) in [6, 6.07) is 6.86. The van der Waals surface area contributed by atoms with Crippen molar-refractivity contribution in [3.05, 3.63) is 28.2 Å². The van der Waals surface area contributed by atoms with Crippen molar-refractivity contribution >= 4 is 21.6 Å². The molecule has 1 rings (SSSR count). The van der Waals surface area contributed by atoms with Crippen LogP contribution in [0.1, 0.15) is 19.4 Å². The van der Waals surface area contributed by atoms with Crippen LogP contribution in [0.15, 0.2) is 22.7 Å². The number of halogens is 1. The van der Waals surface area contributed by atoms with Gasteiger partial charge in [-0.2, -0.15) is 0 Å². The Morgan fingerprint density at radius 3 is 2.52 bits per heavy atom. The average molecular weight is 359 g/mol. The third-order valence-corrected chi connectivity index (χ3v) is 3.81. The van der Waals surface area contributed by atoms with Gasteiger partial charge in [-0.15, -0.1) is 0 Å². The van der Waals surface area contributed by atoms with E-state index in [0.29, 0.717) is 6.04 Å². The Hall–Kier alpha value is -0.620. The molecule has 1 aromatic rings. The molecule has 21 heavy (non-hydrogen) atoms. The number of benzene rings is 1. The number of rotatable bonds is 10. The number of methoxy groups -OCH3 is 2. The van der Waals surface area contributed by atoms with Crippen molar-refractivity contribution in [2.24, 2.45) is 0 Å². The molecule has 0 saturated carbocycles. The van der Waals surface area contributed by atoms with Crippen LogP contribution in [-0.2, 0) is 16.0 Å². The maximum Gasteiger partial charge on any atom is 0.0637 e. The van der Waals surface area contributed by atoms with Crippen LogP contribution in [0.5, 0.6) is 0 Å². The van der Waals surface area contributed by atoms with Crippen LogP contribution in [0.4, 0.5) is 5.69 Å². The minimum Gasteiger partial charge on any atom is -0.383 e. The lowest BCUT2D eigenvalue weighted by atomic mass is 10.1. The first kappa shape index (κ1) is 18.4. The molecule has 120 valence electrons. The van der Waals surface area contributed by atoms with Crippen LogP contribution in [0.25, 0.3) is 0 Å². The Balaban J connectivity index is 2.87. The van der Waals surface area contributed by atoms with E-state index in [1.165, 1.54) is 11.3 Å². The summed E-state index contributed by atoms with van der Waals surface area (Å²) in [6.07, 6.45) is 0. The molecule has 0 aliphatic heterocycles. The van der Waals surface area contributed by atoms with Crippen LogP contribution in [0.2, 0.25) is 0 Å². The molecular formula is C16H27BrN2O2. The summed E-state index contributed by atoms with van der Waals surface area (Å²) in [6.45, 7) is 8.44. The number of ether oxygens (including phenoxy) is 2. The van der Waals surface area contributed by atoms with Gasteiger partial charge < -0.3 is 19.7 Å². The third-order valence-electron chi connectivity index (χ3n) is 3.31. The zero-order valence-corrected chi connectivity index (χ0v) is 15.1. The van der Waals surface area contributed by atoms with Gasteiger partial charge in [0, 0.05) is 50.1 Å². The number of hydrogen-bond donors (Lipinski definition) is 1. The maximum absolute atomic E-state index is 5.24. The number of hydrogen-bond acceptors (Lipinski definition) is 4. The molecular weight excluding hydrogens is 332 g/mol. The SMILES string of the molecule is COCCNCc1ccc(Br)cc1N(CCOC)C(C)C. The van der Waals surface area contributed by atoms with Gasteiger partial charge in [-0.05, 0) is 31.5 Å². The first-order chi connectivity index (χ1) is 10.1. The molecule has 0 spiro atoms. The van der Waals surface area contributed by atoms with Crippen molar-refractivity contribution in [1.82, 2.24) is 5.32 Å². The minimum absolute atomic E-state index is 0.423. The second kappa shape index (κ2) is 10.2. The van der Waals surface area contributed by atoms with E-state index in [0.717, 1.165) is 37.3 Å². The van der Waals surface area contributed by atoms with Gasteiger partial charge in [0.15, 0.2) is 0 Å². The van der Waals surface area contributed by atoms with Gasteiger partial charge in [0.05, 0.1) is 13.2 Å². The molecule has 0 atom stereocenters. The molecule has 5 heteroatoms. The average Bonchev–Trinajstić information content (AvgIpc) is 2.45. The summed E-state index contributed by atoms with van der Waals surface area (Å²) in [5.74, 6) is 0. The highest BCUT2D eigenvalue weighted by atomic mass is 79.9. The quantitative estimate of drug-likeness (QED) is 0.651. The molecule has 0 heterocycles. The van der Waals surface area contributed by atoms with Crippen molar-refractivity contribution in [1.29, 1.82) is 0 Å². The van der Waals surface area contributed by atoms with Crippen LogP contribution in [-0.4, -0.2) is 46.6 Å². The topological polar surface area (TPSA) is 33.7 Å². The molecule has 0 aliphatic carbocycles. The molecule has 0 bridgehead atoms. The predicted octanol–water partition coefficient (Wildman–Crippen LogP) is 3.05. The van der Waals surface area contributed by atoms with Crippen molar-refractivity contribution in [3.63, 3.8) is 0 Å². The van der Waals surface area contributed by atoms with Crippen molar-refractivity contribution in [2.45, 2.75) is 26.4 Å². The van der Waals surface area contributed by atoms with Crippen LogP contribution < -0.4 is 10.2 Å². The third kappa shape index (κ3) is 6.34. The number of nitrogens with one attached hydrogen (secondary N) is 1. The second-order valence-electron chi connectivity index (χ2n) is 5.22. The van der Waals surface area contributed by atoms with Crippen molar-refractivity contribution < 1.29 is 9.47 Å². The monoisotopic (exact) mass is 358 g/mol. The lowest BCUT2D eigenvalue weighted by molar-refractivity contribution is 0.199. The highest BCUT2D eigenvalue weighted by Crippen LogP contribution is 2.26. The summed E-state index contributed by atoms with van der Waals surface area (Å²) >= 11 is 3.58. The lowest BCUT2D eigenvalue weighted by Crippen LogP contribution is -2.35. The van der Waals surface area contributed by atoms with E-state index >= 15 is 0 Å². The lowest BCUT2D eigenvalue weighted by Gasteiger charge is -2.31. The van der Waals surface area contributed by atoms with E-state index in [-0.39, 0.29) is 0 Å². The smallest absolute Gasteiger partial charge is 0.0637 e. The summed E-state index contributed by atoms with van der Waals surface area (Å²) in [7, 11) is 3.46. The van der Waals surface area contributed by atoms with Gasteiger partial charge in [0.25, 0.3) is 0 Å². The van der Waals surface area contributed by atoms with Gasteiger partial charge in [0.2, 0.25) is 0 Å². The van der Waals surface area contributed by atoms with Gasteiger partial charge in [0.1, 0.15) is 0 Å². The van der Waals surface area contributed by atoms with E-state index in [9.17, 15) is 0 Å². The Morgan fingerprint density at radius 2 is 1.90 bits per heavy atom. The highest BCUT2D eigenvalue weighted by molar-refractivity contribution is 9.10. The fourth-order valence-electron chi connectivity index (χ4n) is 2.20. The number of anilines is 1. The summed E-state index contributed by atoms with van der Waals surface area (Å²) < 4.78 is 11.4. The molecule has 0 aliphatic rings. The largest absolute Gasteiger partial charge is 0.383 e. The van der Waals surface area contributed by atoms with E-state index in [1.807, 2.05) is 0 Å². The fourth-order valence-corrected chi connectivity index (χ4v) is 2.55. The van der Waals surface area contributed by atoms with E-state index in [1.54, 1.807) is 14.2 Å². The van der Waals surface area contributed by atoms with E-state index in [4.69, 9.17) is 9.47 Å². The van der Waals surface area contributed by atoms with Crippen LogP contribution >= 0.6 is 15.9 Å². The Kier molecular flexibility index (Phi) is 8.92. The minimum atomic E-state index is 0.423. The molecule has 1 N–H and O–H groups in total. The van der Waals surface area contributed by atoms with Crippen molar-refractivity contribution in [2.75, 3.05) is 45.4 Å². The maximum atomic E-state index is 5.24. The summed E-state index contributed by atoms with van der Waals surface area (Å²) in [5.41, 5.74) is 2.54. The van der Waals surface area contributed by atoms with Gasteiger partial charge in [-0.25, -0.2) is 0 Å². The summed E-state index contributed by atoms with van der Waals surface area (Å²) in [4.78, 5) is 2.38. The molecule has 0 fully saturated rings. The molecule has 0 amide bonds. The zero-order valence-electron chi connectivity index (χ0n) is 13.5. The van der Waals surface area contributed by atoms with Crippen LogP contribution in [0, 0.1) is 0 Å². The Labute approximate surface area is 136 Å². The van der Waals surface area contributed by atoms with Gasteiger partial charge in [-0.3, -0.25) is 0 Å². The summed E-state index contributed by atoms with van der Waals surface area (Å²) in [5, 5.41) is 3.41. The van der Waals surface area contributed by atoms with E-state index < -0.39 is 0 Å². The fraction of sp³-hybridized carbons (Fsp3) is 0.625. The highest BCUT2D eigenvalue weighted by Gasteiger charge is 2.14. The van der Waals surface area contributed by atoms with E-state index in [2.05, 4.69) is 58.2 Å². The second-order valence-corrected chi connectivity index (χ2v) is 6.14. The standard InChI is InChI=1S/C16H27BrN2O2/c1-13(2)19(8-10-21-4)16-11-15(17)6-5-14(16)12-18-7-9-20-3/h5-6,11,13,18H,7-10,12H2,1-4H3. The molecule has 4 nitrogen and oxygen atoms in total. The first-order valence-corrected chi connectivity index (χ1v) is 8.13. The first-order valence-electron chi connectivity index (χ1n) is 7.33. The Bertz CT molecular complexity index is 413. The molecule has 0 unspecified atom stereocenters. The molecule has 1 aromatic carbocycles. The van der Waals surface area contributed by atoms with Crippen molar-refractivity contribution in [3.8, 4) is 0 Å². The Morgan fingerprint density at radius 1 is 1.19 bits per heavy atom. The van der Waals surface area contributed by atoms with Crippen LogP contribution in [0.3, 0.4) is 0 Å². The predicted molar refractivity (Wildman–Crippen MR) is 92.1 cm³/mol. The van der Waals surface area contributed by atoms with Gasteiger partial charge >= 0.3 is 0 Å². The molecule has 0 aromatic heterocycles. The zero-order chi connectivity index (χ0) is 15.7. The van der Waals surface area contributed by atoms with Gasteiger partial charge in [-0.1, -0.05) is 22.0 Å². The normalized spacial score (nSPS) is 11.1. The number of nitrogens with zero attached hydrogens (tertiary/aromatic N) is 1. The molecule has 0 radical (unpaired) electrons.